The highest BCUT2D eigenvalue weighted by molar-refractivity contribution is 6.68. The summed E-state index contributed by atoms with van der Waals surface area (Å²) in [5.41, 5.74) is 17.7. The Morgan fingerprint density at radius 1 is 0.655 bits per heavy atom. The van der Waals surface area contributed by atoms with E-state index in [9.17, 15) is 0 Å². The Balaban J connectivity index is 1.53. The summed E-state index contributed by atoms with van der Waals surface area (Å²) < 4.78 is 0. The van der Waals surface area contributed by atoms with Gasteiger partial charge in [0.05, 0.1) is 5.41 Å². The largest absolute Gasteiger partial charge is 0.193 e. The van der Waals surface area contributed by atoms with E-state index in [0.717, 1.165) is 20.1 Å². The van der Waals surface area contributed by atoms with Gasteiger partial charge < -0.3 is 0 Å². The summed E-state index contributed by atoms with van der Waals surface area (Å²) in [6, 6.07) is 56.2. The van der Waals surface area contributed by atoms with Crippen LogP contribution in [-0.4, -0.2) is 7.28 Å². The van der Waals surface area contributed by atoms with Gasteiger partial charge in [-0.25, -0.2) is 0 Å². The fraction of sp³-hybridized carbons (Fsp3) is 0.148. The van der Waals surface area contributed by atoms with Crippen molar-refractivity contribution in [2.24, 2.45) is 0 Å². The van der Waals surface area contributed by atoms with Crippen LogP contribution in [0.5, 0.6) is 0 Å². The molecule has 0 saturated carbocycles. The van der Waals surface area contributed by atoms with Crippen molar-refractivity contribution in [3.8, 4) is 22.3 Å². The molecule has 1 aliphatic rings. The van der Waals surface area contributed by atoms with Crippen molar-refractivity contribution >= 4 is 18.2 Å². The van der Waals surface area contributed by atoms with Crippen LogP contribution in [-0.2, 0) is 5.41 Å². The molecule has 0 N–H and O–H groups in total. The first-order chi connectivity index (χ1) is 27.0. The number of aryl methyl sites for hydroxylation is 1. The molecule has 0 bridgehead atoms. The van der Waals surface area contributed by atoms with Gasteiger partial charge in [0.2, 0.25) is 0 Å². The predicted octanol–water partition coefficient (Wildman–Crippen LogP) is 12.5. The first-order valence-electron chi connectivity index (χ1n) is 19.9. The monoisotopic (exact) mass is 710 g/mol. The normalized spacial score (nSPS) is 16.0. The number of hydrogen-bond acceptors (Lipinski definition) is 0. The molecule has 0 saturated heterocycles. The minimum absolute atomic E-state index is 0.180. The molecule has 6 aromatic rings. The standard InChI is InChI=1S/C54H51B/c1-6-9-24-41(22-7-2)43(23-8-3)36-51-40(5)50-35-39(4)49(38-52(50)54(51,45-27-16-11-17-28-45)46-29-18-12-19-30-46)48-34-33-44(42-25-14-10-15-26-42)37-53(48)55-47-31-20-13-21-32-47/h6,9-38,40,55H,1,7-8H2,2-5H3/b24-9-,41-22+,43-23+,51-36+. The van der Waals surface area contributed by atoms with Crippen molar-refractivity contribution in [1.82, 2.24) is 0 Å². The SMILES string of the molecule is C=C\C=C/C(=C\CC)C(=C/CC)/C=C1\C(C)c2cc(C)c(-c3ccc(-c4ccccc4)cc3Bc3ccccc3)cc2C1(c1ccccc1)c1ccccc1. The molecular formula is C54H51B. The molecule has 0 heterocycles. The third-order valence-corrected chi connectivity index (χ3v) is 11.2. The minimum Gasteiger partial charge on any atom is -0.0991 e. The average molecular weight is 711 g/mol. The van der Waals surface area contributed by atoms with E-state index >= 15 is 0 Å². The summed E-state index contributed by atoms with van der Waals surface area (Å²) in [6.07, 6.45) is 15.3. The number of rotatable bonds is 12. The van der Waals surface area contributed by atoms with Crippen LogP contribution in [0.1, 0.15) is 67.3 Å². The van der Waals surface area contributed by atoms with Gasteiger partial charge in [0.25, 0.3) is 0 Å². The van der Waals surface area contributed by atoms with Gasteiger partial charge in [-0.05, 0) is 92.6 Å². The van der Waals surface area contributed by atoms with E-state index in [4.69, 9.17) is 0 Å². The summed E-state index contributed by atoms with van der Waals surface area (Å²) in [5.74, 6) is 0.180. The summed E-state index contributed by atoms with van der Waals surface area (Å²) >= 11 is 0. The van der Waals surface area contributed by atoms with E-state index in [-0.39, 0.29) is 5.92 Å². The first-order valence-corrected chi connectivity index (χ1v) is 19.9. The molecule has 0 fully saturated rings. The van der Waals surface area contributed by atoms with Crippen molar-refractivity contribution in [2.45, 2.75) is 51.9 Å². The lowest BCUT2D eigenvalue weighted by atomic mass is 9.61. The second kappa shape index (κ2) is 17.0. The van der Waals surface area contributed by atoms with Crippen molar-refractivity contribution < 1.29 is 0 Å². The van der Waals surface area contributed by atoms with E-state index in [2.05, 4.69) is 216 Å². The molecule has 0 aliphatic heterocycles. The molecule has 0 aromatic heterocycles. The average Bonchev–Trinajstić information content (AvgIpc) is 3.46. The van der Waals surface area contributed by atoms with E-state index in [1.165, 1.54) is 77.7 Å². The van der Waals surface area contributed by atoms with Crippen molar-refractivity contribution in [3.63, 3.8) is 0 Å². The zero-order chi connectivity index (χ0) is 38.2. The number of allylic oxidation sites excluding steroid dienone is 9. The van der Waals surface area contributed by atoms with Crippen LogP contribution in [0.25, 0.3) is 22.3 Å². The lowest BCUT2D eigenvalue weighted by molar-refractivity contribution is 0.718. The Bertz CT molecular complexity index is 2340. The second-order valence-electron chi connectivity index (χ2n) is 14.7. The van der Waals surface area contributed by atoms with E-state index in [0.29, 0.717) is 0 Å². The van der Waals surface area contributed by atoms with Gasteiger partial charge in [-0.2, -0.15) is 0 Å². The summed E-state index contributed by atoms with van der Waals surface area (Å²) in [7, 11) is 0.855. The predicted molar refractivity (Wildman–Crippen MR) is 240 cm³/mol. The molecule has 1 heteroatoms. The van der Waals surface area contributed by atoms with Crippen LogP contribution < -0.4 is 10.9 Å². The van der Waals surface area contributed by atoms with Crippen molar-refractivity contribution in [1.29, 1.82) is 0 Å². The number of benzene rings is 6. The van der Waals surface area contributed by atoms with E-state index < -0.39 is 5.41 Å². The summed E-state index contributed by atoms with van der Waals surface area (Å²) in [5, 5.41) is 0. The molecular weight excluding hydrogens is 659 g/mol. The quantitative estimate of drug-likeness (QED) is 0.0876. The maximum absolute atomic E-state index is 3.99. The van der Waals surface area contributed by atoms with Gasteiger partial charge in [-0.3, -0.25) is 0 Å². The molecule has 0 radical (unpaired) electrons. The molecule has 6 aromatic carbocycles. The molecule has 0 amide bonds. The van der Waals surface area contributed by atoms with Crippen LogP contribution in [0.4, 0.5) is 0 Å². The third kappa shape index (κ3) is 7.45. The zero-order valence-corrected chi connectivity index (χ0v) is 32.8. The van der Waals surface area contributed by atoms with Crippen molar-refractivity contribution in [3.05, 3.63) is 239 Å². The molecule has 55 heavy (non-hydrogen) atoms. The Labute approximate surface area is 330 Å². The maximum atomic E-state index is 3.99. The Hall–Kier alpha value is -5.92. The highest BCUT2D eigenvalue weighted by atomic mass is 14.5. The molecule has 270 valence electrons. The van der Waals surface area contributed by atoms with Crippen LogP contribution in [0.2, 0.25) is 0 Å². The fourth-order valence-corrected chi connectivity index (χ4v) is 8.72. The van der Waals surface area contributed by atoms with Gasteiger partial charge in [0.1, 0.15) is 0 Å². The van der Waals surface area contributed by atoms with Gasteiger partial charge >= 0.3 is 0 Å². The van der Waals surface area contributed by atoms with Gasteiger partial charge in [-0.1, -0.05) is 220 Å². The smallest absolute Gasteiger partial charge is 0.0991 e. The molecule has 0 spiro atoms. The zero-order valence-electron chi connectivity index (χ0n) is 32.8. The topological polar surface area (TPSA) is 0 Å². The molecule has 7 rings (SSSR count). The number of fused-ring (bicyclic) bond motifs is 1. The maximum Gasteiger partial charge on any atom is 0.193 e. The van der Waals surface area contributed by atoms with E-state index in [1.54, 1.807) is 0 Å². The lowest BCUT2D eigenvalue weighted by Gasteiger charge is -2.35. The Kier molecular flexibility index (Phi) is 11.6. The van der Waals surface area contributed by atoms with Gasteiger partial charge in [-0.15, -0.1) is 0 Å². The van der Waals surface area contributed by atoms with Gasteiger partial charge in [0, 0.05) is 5.92 Å². The van der Waals surface area contributed by atoms with Crippen molar-refractivity contribution in [2.75, 3.05) is 0 Å². The highest BCUT2D eigenvalue weighted by Gasteiger charge is 2.49. The highest BCUT2D eigenvalue weighted by Crippen LogP contribution is 2.58. The number of hydrogen-bond donors (Lipinski definition) is 0. The molecule has 1 atom stereocenters. The Morgan fingerprint density at radius 3 is 1.84 bits per heavy atom. The van der Waals surface area contributed by atoms with Crippen LogP contribution in [0.3, 0.4) is 0 Å². The molecule has 0 nitrogen and oxygen atoms in total. The lowest BCUT2D eigenvalue weighted by Crippen LogP contribution is -2.30. The third-order valence-electron chi connectivity index (χ3n) is 11.2. The fourth-order valence-electron chi connectivity index (χ4n) is 8.72. The van der Waals surface area contributed by atoms with Crippen LogP contribution in [0, 0.1) is 6.92 Å². The first kappa shape index (κ1) is 37.4. The van der Waals surface area contributed by atoms with Gasteiger partial charge in [0.15, 0.2) is 7.28 Å². The molecule has 1 aliphatic carbocycles. The summed E-state index contributed by atoms with van der Waals surface area (Å²) in [6.45, 7) is 13.2. The summed E-state index contributed by atoms with van der Waals surface area (Å²) in [4.78, 5) is 0. The van der Waals surface area contributed by atoms with E-state index in [1.807, 2.05) is 6.08 Å². The minimum atomic E-state index is -0.504. The van der Waals surface area contributed by atoms with Crippen LogP contribution in [0.15, 0.2) is 211 Å². The Morgan fingerprint density at radius 2 is 1.24 bits per heavy atom. The molecule has 1 unspecified atom stereocenters. The second-order valence-corrected chi connectivity index (χ2v) is 14.7. The van der Waals surface area contributed by atoms with Crippen LogP contribution >= 0.6 is 0 Å².